The number of nitrogens with zero attached hydrogens (tertiary/aromatic N) is 1. The molecule has 0 aromatic heterocycles. The van der Waals surface area contributed by atoms with Gasteiger partial charge in [-0.3, -0.25) is 0 Å². The molecular formula is C13H23F3N2. The molecule has 18 heavy (non-hydrogen) atoms. The first-order valence-corrected chi connectivity index (χ1v) is 7.01. The summed E-state index contributed by atoms with van der Waals surface area (Å²) in [5, 5.41) is 0. The van der Waals surface area contributed by atoms with Crippen LogP contribution >= 0.6 is 0 Å². The third-order valence-corrected chi connectivity index (χ3v) is 4.50. The van der Waals surface area contributed by atoms with Gasteiger partial charge in [0, 0.05) is 12.6 Å². The Morgan fingerprint density at radius 3 is 2.50 bits per heavy atom. The summed E-state index contributed by atoms with van der Waals surface area (Å²) in [7, 11) is 0. The highest BCUT2D eigenvalue weighted by Crippen LogP contribution is 2.34. The van der Waals surface area contributed by atoms with Crippen LogP contribution in [-0.2, 0) is 0 Å². The van der Waals surface area contributed by atoms with Crippen molar-refractivity contribution in [2.45, 2.75) is 50.7 Å². The van der Waals surface area contributed by atoms with E-state index >= 15 is 0 Å². The maximum atomic E-state index is 12.7. The van der Waals surface area contributed by atoms with Gasteiger partial charge in [0.25, 0.3) is 0 Å². The zero-order chi connectivity index (χ0) is 13.2. The molecule has 1 aliphatic heterocycles. The van der Waals surface area contributed by atoms with Crippen LogP contribution in [0.3, 0.4) is 0 Å². The molecule has 0 bridgehead atoms. The van der Waals surface area contributed by atoms with Gasteiger partial charge in [-0.25, -0.2) is 0 Å². The lowest BCUT2D eigenvalue weighted by atomic mass is 9.95. The smallest absolute Gasteiger partial charge is 0.327 e. The number of hydrogen-bond donors (Lipinski definition) is 1. The van der Waals surface area contributed by atoms with Crippen LogP contribution in [0.5, 0.6) is 0 Å². The first-order chi connectivity index (χ1) is 8.47. The molecule has 2 fully saturated rings. The molecule has 0 aromatic rings. The molecule has 0 aromatic carbocycles. The van der Waals surface area contributed by atoms with Crippen LogP contribution in [0.4, 0.5) is 13.2 Å². The molecule has 1 saturated heterocycles. The molecule has 1 heterocycles. The fourth-order valence-corrected chi connectivity index (χ4v) is 3.30. The van der Waals surface area contributed by atoms with Crippen molar-refractivity contribution in [1.82, 2.24) is 4.90 Å². The normalized spacial score (nSPS) is 35.0. The number of piperidine rings is 1. The zero-order valence-corrected chi connectivity index (χ0v) is 10.8. The Morgan fingerprint density at radius 1 is 1.11 bits per heavy atom. The molecule has 5 heteroatoms. The summed E-state index contributed by atoms with van der Waals surface area (Å²) in [4.78, 5) is 1.98. The number of halogens is 3. The Kier molecular flexibility index (Phi) is 4.54. The molecule has 106 valence electrons. The van der Waals surface area contributed by atoms with Crippen LogP contribution in [0.15, 0.2) is 0 Å². The number of alkyl halides is 3. The fourth-order valence-electron chi connectivity index (χ4n) is 3.30. The van der Waals surface area contributed by atoms with Crippen molar-refractivity contribution in [3.8, 4) is 0 Å². The van der Waals surface area contributed by atoms with Crippen molar-refractivity contribution in [3.05, 3.63) is 0 Å². The summed E-state index contributed by atoms with van der Waals surface area (Å²) in [6, 6.07) is 0.271. The number of likely N-dealkylation sites (tertiary alicyclic amines) is 1. The van der Waals surface area contributed by atoms with Gasteiger partial charge in [0.05, 0.1) is 5.92 Å². The van der Waals surface area contributed by atoms with Gasteiger partial charge in [-0.2, -0.15) is 13.2 Å². The third kappa shape index (κ3) is 3.60. The van der Waals surface area contributed by atoms with E-state index in [2.05, 4.69) is 0 Å². The zero-order valence-electron chi connectivity index (χ0n) is 10.8. The van der Waals surface area contributed by atoms with Crippen LogP contribution in [0.25, 0.3) is 0 Å². The van der Waals surface area contributed by atoms with Crippen molar-refractivity contribution in [2.75, 3.05) is 19.6 Å². The van der Waals surface area contributed by atoms with Gasteiger partial charge in [-0.05, 0) is 51.1 Å². The van der Waals surface area contributed by atoms with Gasteiger partial charge in [0.15, 0.2) is 0 Å². The number of nitrogens with two attached hydrogens (primary N) is 1. The first kappa shape index (κ1) is 14.1. The summed E-state index contributed by atoms with van der Waals surface area (Å²) in [6.45, 7) is 1.78. The fraction of sp³-hybridized carbons (Fsp3) is 1.00. The second-order valence-electron chi connectivity index (χ2n) is 5.82. The van der Waals surface area contributed by atoms with Crippen LogP contribution in [0.1, 0.15) is 38.5 Å². The summed E-state index contributed by atoms with van der Waals surface area (Å²) in [5.41, 5.74) is 5.99. The summed E-state index contributed by atoms with van der Waals surface area (Å²) >= 11 is 0. The number of hydrogen-bond acceptors (Lipinski definition) is 2. The van der Waals surface area contributed by atoms with Gasteiger partial charge < -0.3 is 10.6 Å². The molecule has 0 spiro atoms. The molecule has 2 N–H and O–H groups in total. The van der Waals surface area contributed by atoms with Crippen LogP contribution in [0, 0.1) is 11.8 Å². The highest BCUT2D eigenvalue weighted by atomic mass is 19.4. The lowest BCUT2D eigenvalue weighted by Gasteiger charge is -2.34. The molecular weight excluding hydrogens is 241 g/mol. The van der Waals surface area contributed by atoms with E-state index in [0.717, 1.165) is 32.4 Å². The second kappa shape index (κ2) is 5.78. The van der Waals surface area contributed by atoms with Gasteiger partial charge in [0.2, 0.25) is 0 Å². The highest BCUT2D eigenvalue weighted by Gasteiger charge is 2.41. The topological polar surface area (TPSA) is 29.3 Å². The summed E-state index contributed by atoms with van der Waals surface area (Å²) in [6.07, 6.45) is 1.31. The Balaban J connectivity index is 1.76. The van der Waals surface area contributed by atoms with E-state index in [1.807, 2.05) is 4.90 Å². The minimum Gasteiger partial charge on any atom is -0.327 e. The van der Waals surface area contributed by atoms with E-state index < -0.39 is 12.1 Å². The van der Waals surface area contributed by atoms with Gasteiger partial charge in [-0.15, -0.1) is 0 Å². The van der Waals surface area contributed by atoms with Gasteiger partial charge >= 0.3 is 6.18 Å². The molecule has 2 rings (SSSR count). The van der Waals surface area contributed by atoms with Crippen LogP contribution < -0.4 is 5.73 Å². The minimum atomic E-state index is -4.03. The Morgan fingerprint density at radius 2 is 1.89 bits per heavy atom. The first-order valence-electron chi connectivity index (χ1n) is 7.01. The van der Waals surface area contributed by atoms with Crippen molar-refractivity contribution in [3.63, 3.8) is 0 Å². The van der Waals surface area contributed by atoms with Crippen LogP contribution in [0.2, 0.25) is 0 Å². The standard InChI is InChI=1S/C13H23F3N2/c14-13(15,16)11-4-2-7-18(9-11)8-6-10-3-1-5-12(10)17/h10-12H,1-9,17H2. The average Bonchev–Trinajstić information content (AvgIpc) is 2.72. The lowest BCUT2D eigenvalue weighted by molar-refractivity contribution is -0.186. The van der Waals surface area contributed by atoms with E-state index in [-0.39, 0.29) is 12.6 Å². The maximum absolute atomic E-state index is 12.7. The third-order valence-electron chi connectivity index (χ3n) is 4.50. The Labute approximate surface area is 107 Å². The average molecular weight is 264 g/mol. The SMILES string of the molecule is NC1CCCC1CCN1CCCC(C(F)(F)F)C1. The predicted molar refractivity (Wildman–Crippen MR) is 65.2 cm³/mol. The van der Waals surface area contributed by atoms with Crippen molar-refractivity contribution in [1.29, 1.82) is 0 Å². The van der Waals surface area contributed by atoms with E-state index in [0.29, 0.717) is 18.8 Å². The van der Waals surface area contributed by atoms with E-state index in [9.17, 15) is 13.2 Å². The molecule has 2 aliphatic rings. The summed E-state index contributed by atoms with van der Waals surface area (Å²) in [5.74, 6) is -0.597. The largest absolute Gasteiger partial charge is 0.393 e. The Bertz CT molecular complexity index is 267. The molecule has 2 nitrogen and oxygen atoms in total. The van der Waals surface area contributed by atoms with Gasteiger partial charge in [0.1, 0.15) is 0 Å². The summed E-state index contributed by atoms with van der Waals surface area (Å²) < 4.78 is 38.0. The monoisotopic (exact) mass is 264 g/mol. The second-order valence-corrected chi connectivity index (χ2v) is 5.82. The lowest BCUT2D eigenvalue weighted by Crippen LogP contribution is -2.42. The molecule has 3 unspecified atom stereocenters. The predicted octanol–water partition coefficient (Wildman–Crippen LogP) is 2.78. The van der Waals surface area contributed by atoms with E-state index in [1.54, 1.807) is 0 Å². The highest BCUT2D eigenvalue weighted by molar-refractivity contribution is 4.83. The molecule has 0 amide bonds. The molecule has 0 radical (unpaired) electrons. The van der Waals surface area contributed by atoms with Crippen molar-refractivity contribution in [2.24, 2.45) is 17.6 Å². The van der Waals surface area contributed by atoms with E-state index in [4.69, 9.17) is 5.73 Å². The molecule has 1 aliphatic carbocycles. The van der Waals surface area contributed by atoms with E-state index in [1.165, 1.54) is 6.42 Å². The minimum absolute atomic E-state index is 0.186. The quantitative estimate of drug-likeness (QED) is 0.849. The van der Waals surface area contributed by atoms with Gasteiger partial charge in [-0.1, -0.05) is 6.42 Å². The Hall–Kier alpha value is -0.290. The molecule has 3 atom stereocenters. The number of rotatable bonds is 3. The van der Waals surface area contributed by atoms with Crippen LogP contribution in [-0.4, -0.2) is 36.8 Å². The van der Waals surface area contributed by atoms with Crippen molar-refractivity contribution >= 4 is 0 Å². The van der Waals surface area contributed by atoms with Crippen molar-refractivity contribution < 1.29 is 13.2 Å². The molecule has 1 saturated carbocycles. The maximum Gasteiger partial charge on any atom is 0.393 e.